The lowest BCUT2D eigenvalue weighted by Crippen LogP contribution is -2.15. The third kappa shape index (κ3) is 4.54. The summed E-state index contributed by atoms with van der Waals surface area (Å²) in [5, 5.41) is 0. The average molecular weight is 381 g/mol. The third-order valence-electron chi connectivity index (χ3n) is 3.92. The van der Waals surface area contributed by atoms with Crippen molar-refractivity contribution in [1.82, 2.24) is 0 Å². The van der Waals surface area contributed by atoms with Gasteiger partial charge in [-0.2, -0.15) is 0 Å². The zero-order valence-corrected chi connectivity index (χ0v) is 15.8. The van der Waals surface area contributed by atoms with E-state index < -0.39 is 16.0 Å². The fourth-order valence-electron chi connectivity index (χ4n) is 2.45. The smallest absolute Gasteiger partial charge is 0.343 e. The third-order valence-corrected chi connectivity index (χ3v) is 5.31. The number of anilines is 1. The van der Waals surface area contributed by atoms with Gasteiger partial charge >= 0.3 is 5.97 Å². The zero-order chi connectivity index (χ0) is 19.4. The van der Waals surface area contributed by atoms with Crippen molar-refractivity contribution in [3.05, 3.63) is 89.5 Å². The molecular weight excluding hydrogens is 362 g/mol. The van der Waals surface area contributed by atoms with Gasteiger partial charge in [-0.25, -0.2) is 13.2 Å². The van der Waals surface area contributed by atoms with Crippen LogP contribution in [0, 0.1) is 13.8 Å². The van der Waals surface area contributed by atoms with Crippen LogP contribution in [0.2, 0.25) is 0 Å². The Morgan fingerprint density at radius 1 is 0.852 bits per heavy atom. The highest BCUT2D eigenvalue weighted by Gasteiger charge is 2.18. The van der Waals surface area contributed by atoms with Gasteiger partial charge < -0.3 is 4.74 Å². The maximum absolute atomic E-state index is 12.7. The first-order valence-corrected chi connectivity index (χ1v) is 9.81. The van der Waals surface area contributed by atoms with Gasteiger partial charge in [-0.3, -0.25) is 4.72 Å². The summed E-state index contributed by atoms with van der Waals surface area (Å²) in [5.74, 6) is -0.406. The van der Waals surface area contributed by atoms with Crippen molar-refractivity contribution < 1.29 is 17.9 Å². The number of aryl methyl sites for hydroxylation is 2. The Bertz CT molecular complexity index is 1060. The average Bonchev–Trinajstić information content (AvgIpc) is 2.65. The predicted octanol–water partition coefficient (Wildman–Crippen LogP) is 4.32. The molecule has 0 atom stereocenters. The molecule has 0 aliphatic carbocycles. The van der Waals surface area contributed by atoms with Gasteiger partial charge in [0.1, 0.15) is 0 Å². The van der Waals surface area contributed by atoms with E-state index in [1.54, 1.807) is 60.7 Å². The normalized spacial score (nSPS) is 11.0. The van der Waals surface area contributed by atoms with Crippen molar-refractivity contribution in [3.63, 3.8) is 0 Å². The van der Waals surface area contributed by atoms with Gasteiger partial charge in [-0.15, -0.1) is 0 Å². The van der Waals surface area contributed by atoms with E-state index in [-0.39, 0.29) is 16.3 Å². The number of rotatable bonds is 5. The molecule has 0 aliphatic heterocycles. The number of benzene rings is 3. The van der Waals surface area contributed by atoms with Crippen LogP contribution in [-0.4, -0.2) is 14.4 Å². The van der Waals surface area contributed by atoms with Gasteiger partial charge in [0, 0.05) is 0 Å². The summed E-state index contributed by atoms with van der Waals surface area (Å²) in [6.07, 6.45) is 0. The minimum Gasteiger partial charge on any atom is -0.421 e. The van der Waals surface area contributed by atoms with Crippen molar-refractivity contribution in [3.8, 4) is 5.75 Å². The number of carbonyl (C=O) groups is 1. The number of hydrogen-bond donors (Lipinski definition) is 1. The highest BCUT2D eigenvalue weighted by molar-refractivity contribution is 7.92. The molecule has 0 unspecified atom stereocenters. The standard InChI is InChI=1S/C21H19NO4S/c1-15-8-11-18(12-9-15)27(24,25)22-19-13-10-16(2)14-20(19)26-21(23)17-6-4-3-5-7-17/h3-14,22H,1-2H3. The Morgan fingerprint density at radius 2 is 1.48 bits per heavy atom. The molecule has 0 bridgehead atoms. The van der Waals surface area contributed by atoms with E-state index in [0.29, 0.717) is 5.56 Å². The highest BCUT2D eigenvalue weighted by Crippen LogP contribution is 2.29. The minimum atomic E-state index is -3.81. The summed E-state index contributed by atoms with van der Waals surface area (Å²) in [7, 11) is -3.81. The topological polar surface area (TPSA) is 72.5 Å². The molecule has 0 saturated heterocycles. The van der Waals surface area contributed by atoms with Crippen LogP contribution >= 0.6 is 0 Å². The second-order valence-corrected chi connectivity index (χ2v) is 7.86. The molecule has 3 aromatic rings. The van der Waals surface area contributed by atoms with E-state index in [4.69, 9.17) is 4.74 Å². The maximum Gasteiger partial charge on any atom is 0.343 e. The summed E-state index contributed by atoms with van der Waals surface area (Å²) >= 11 is 0. The molecular formula is C21H19NO4S. The quantitative estimate of drug-likeness (QED) is 0.528. The van der Waals surface area contributed by atoms with Crippen LogP contribution in [0.15, 0.2) is 77.7 Å². The number of sulfonamides is 1. The minimum absolute atomic E-state index is 0.133. The molecule has 3 rings (SSSR count). The van der Waals surface area contributed by atoms with Crippen molar-refractivity contribution in [2.75, 3.05) is 4.72 Å². The van der Waals surface area contributed by atoms with E-state index in [1.165, 1.54) is 12.1 Å². The predicted molar refractivity (Wildman–Crippen MR) is 105 cm³/mol. The first-order chi connectivity index (χ1) is 12.8. The van der Waals surface area contributed by atoms with Crippen LogP contribution in [-0.2, 0) is 10.0 Å². The molecule has 0 heterocycles. The molecule has 27 heavy (non-hydrogen) atoms. The fraction of sp³-hybridized carbons (Fsp3) is 0.0952. The molecule has 0 saturated carbocycles. The number of ether oxygens (including phenoxy) is 1. The van der Waals surface area contributed by atoms with Gasteiger partial charge in [-0.1, -0.05) is 42.0 Å². The first kappa shape index (κ1) is 18.7. The van der Waals surface area contributed by atoms with E-state index >= 15 is 0 Å². The Morgan fingerprint density at radius 3 is 2.15 bits per heavy atom. The molecule has 138 valence electrons. The van der Waals surface area contributed by atoms with Crippen LogP contribution in [0.4, 0.5) is 5.69 Å². The SMILES string of the molecule is Cc1ccc(S(=O)(=O)Nc2ccc(C)cc2OC(=O)c2ccccc2)cc1. The highest BCUT2D eigenvalue weighted by atomic mass is 32.2. The lowest BCUT2D eigenvalue weighted by atomic mass is 10.2. The van der Waals surface area contributed by atoms with Crippen LogP contribution in [0.25, 0.3) is 0 Å². The second kappa shape index (κ2) is 7.63. The van der Waals surface area contributed by atoms with E-state index in [9.17, 15) is 13.2 Å². The van der Waals surface area contributed by atoms with Crippen molar-refractivity contribution in [2.45, 2.75) is 18.7 Å². The summed E-state index contributed by atoms with van der Waals surface area (Å²) in [4.78, 5) is 12.5. The molecule has 0 spiro atoms. The van der Waals surface area contributed by atoms with Gasteiger partial charge in [0.05, 0.1) is 16.1 Å². The molecule has 0 aliphatic rings. The molecule has 3 aromatic carbocycles. The summed E-state index contributed by atoms with van der Waals surface area (Å²) in [5.41, 5.74) is 2.38. The Hall–Kier alpha value is -3.12. The maximum atomic E-state index is 12.7. The molecule has 0 fully saturated rings. The summed E-state index contributed by atoms with van der Waals surface area (Å²) in [6.45, 7) is 3.71. The van der Waals surface area contributed by atoms with E-state index in [0.717, 1.165) is 11.1 Å². The van der Waals surface area contributed by atoms with Gasteiger partial charge in [0.15, 0.2) is 5.75 Å². The van der Waals surface area contributed by atoms with Crippen LogP contribution in [0.5, 0.6) is 5.75 Å². The fourth-order valence-corrected chi connectivity index (χ4v) is 3.52. The largest absolute Gasteiger partial charge is 0.421 e. The number of nitrogens with one attached hydrogen (secondary N) is 1. The molecule has 0 aromatic heterocycles. The second-order valence-electron chi connectivity index (χ2n) is 6.17. The summed E-state index contributed by atoms with van der Waals surface area (Å²) in [6, 6.07) is 20.0. The number of hydrogen-bond acceptors (Lipinski definition) is 4. The molecule has 0 radical (unpaired) electrons. The zero-order valence-electron chi connectivity index (χ0n) is 15.0. The Balaban J connectivity index is 1.90. The Kier molecular flexibility index (Phi) is 5.28. The molecule has 1 N–H and O–H groups in total. The van der Waals surface area contributed by atoms with Gasteiger partial charge in [0.25, 0.3) is 10.0 Å². The van der Waals surface area contributed by atoms with Crippen LogP contribution in [0.1, 0.15) is 21.5 Å². The number of esters is 1. The lowest BCUT2D eigenvalue weighted by Gasteiger charge is -2.14. The van der Waals surface area contributed by atoms with Gasteiger partial charge in [-0.05, 0) is 55.8 Å². The molecule has 6 heteroatoms. The molecule has 0 amide bonds. The Labute approximate surface area is 158 Å². The van der Waals surface area contributed by atoms with Crippen molar-refractivity contribution in [2.24, 2.45) is 0 Å². The van der Waals surface area contributed by atoms with Gasteiger partial charge in [0.2, 0.25) is 0 Å². The van der Waals surface area contributed by atoms with E-state index in [1.807, 2.05) is 13.8 Å². The first-order valence-electron chi connectivity index (χ1n) is 8.32. The summed E-state index contributed by atoms with van der Waals surface area (Å²) < 4.78 is 33.3. The molecule has 5 nitrogen and oxygen atoms in total. The lowest BCUT2D eigenvalue weighted by molar-refractivity contribution is 0.0735. The van der Waals surface area contributed by atoms with Crippen LogP contribution < -0.4 is 9.46 Å². The van der Waals surface area contributed by atoms with Crippen LogP contribution in [0.3, 0.4) is 0 Å². The number of carbonyl (C=O) groups excluding carboxylic acids is 1. The van der Waals surface area contributed by atoms with Crippen molar-refractivity contribution in [1.29, 1.82) is 0 Å². The van der Waals surface area contributed by atoms with E-state index in [2.05, 4.69) is 4.72 Å². The monoisotopic (exact) mass is 381 g/mol. The van der Waals surface area contributed by atoms with Crippen molar-refractivity contribution >= 4 is 21.7 Å².